The van der Waals surface area contributed by atoms with Crippen LogP contribution in [0.3, 0.4) is 0 Å². The number of rotatable bonds is 3. The maximum atomic E-state index is 11.6. The summed E-state index contributed by atoms with van der Waals surface area (Å²) in [6.45, 7) is 2.05. The van der Waals surface area contributed by atoms with Crippen LogP contribution in [0.25, 0.3) is 9.65 Å². The topological polar surface area (TPSA) is 63.6 Å². The van der Waals surface area contributed by atoms with E-state index in [0.717, 1.165) is 10.5 Å². The van der Waals surface area contributed by atoms with Gasteiger partial charge >= 0.3 is 103 Å². The number of carbonyl (C=O) groups excluding carboxylic acids is 2. The van der Waals surface area contributed by atoms with E-state index in [1.807, 2.05) is 0 Å². The number of fused-ring (bicyclic) bond motifs is 1. The van der Waals surface area contributed by atoms with Gasteiger partial charge in [0.2, 0.25) is 0 Å². The van der Waals surface area contributed by atoms with E-state index in [4.69, 9.17) is 4.74 Å². The zero-order valence-electron chi connectivity index (χ0n) is 9.10. The molecule has 1 heterocycles. The maximum absolute atomic E-state index is 11.6. The first-order valence-electron chi connectivity index (χ1n) is 5.05. The Morgan fingerprint density at radius 2 is 2.29 bits per heavy atom. The number of ether oxygens (including phenoxy) is 1. The van der Waals surface area contributed by atoms with Crippen molar-refractivity contribution in [1.82, 2.24) is 0 Å². The molecule has 17 heavy (non-hydrogen) atoms. The van der Waals surface area contributed by atoms with Crippen molar-refractivity contribution < 1.29 is 19.4 Å². The summed E-state index contributed by atoms with van der Waals surface area (Å²) in [6.07, 6.45) is 0.738. The average Bonchev–Trinajstić information content (AvgIpc) is 2.76. The minimum atomic E-state index is -0.375. The van der Waals surface area contributed by atoms with Gasteiger partial charge < -0.3 is 0 Å². The number of carbonyl (C=O) groups is 2. The van der Waals surface area contributed by atoms with Crippen molar-refractivity contribution in [3.8, 4) is 5.75 Å². The zero-order chi connectivity index (χ0) is 12.4. The summed E-state index contributed by atoms with van der Waals surface area (Å²) in [5, 5.41) is 10.2. The van der Waals surface area contributed by atoms with Gasteiger partial charge in [-0.2, -0.15) is 0 Å². The van der Waals surface area contributed by atoms with Gasteiger partial charge in [0, 0.05) is 0 Å². The first-order valence-corrected chi connectivity index (χ1v) is 6.76. The molecule has 0 unspecified atom stereocenters. The zero-order valence-corrected chi connectivity index (χ0v) is 10.8. The van der Waals surface area contributed by atoms with Crippen LogP contribution in [0.5, 0.6) is 5.75 Å². The van der Waals surface area contributed by atoms with Gasteiger partial charge in [-0.25, -0.2) is 0 Å². The molecule has 0 radical (unpaired) electrons. The monoisotopic (exact) mass is 298 g/mol. The van der Waals surface area contributed by atoms with E-state index < -0.39 is 0 Å². The van der Waals surface area contributed by atoms with Gasteiger partial charge in [-0.05, 0) is 0 Å². The molecule has 2 rings (SSSR count). The molecule has 0 saturated carbocycles. The molecule has 5 heteroatoms. The third-order valence-electron chi connectivity index (χ3n) is 2.29. The molecular weight excluding hydrogens is 287 g/mol. The van der Waals surface area contributed by atoms with Gasteiger partial charge in [-0.3, -0.25) is 0 Å². The van der Waals surface area contributed by atoms with Crippen LogP contribution in [0.1, 0.15) is 26.5 Å². The van der Waals surface area contributed by atoms with Gasteiger partial charge in [0.25, 0.3) is 0 Å². The number of phenols is 1. The van der Waals surface area contributed by atoms with Crippen LogP contribution in [0.15, 0.2) is 18.2 Å². The predicted molar refractivity (Wildman–Crippen MR) is 63.9 cm³/mol. The number of esters is 1. The number of hydrogen-bond donors (Lipinski definition) is 1. The molecule has 0 atom stereocenters. The van der Waals surface area contributed by atoms with Crippen LogP contribution < -0.4 is 0 Å². The first-order chi connectivity index (χ1) is 8.17. The Hall–Kier alpha value is -1.58. The van der Waals surface area contributed by atoms with Crippen molar-refractivity contribution in [1.29, 1.82) is 0 Å². The SMILES string of the molecule is CCOC(=O)c1cc2c(O)ccc(C=O)c2[se]1. The predicted octanol–water partition coefficient (Wildman–Crippen LogP) is 1.59. The molecule has 1 N–H and O–H groups in total. The van der Waals surface area contributed by atoms with Crippen LogP contribution in [0.2, 0.25) is 0 Å². The van der Waals surface area contributed by atoms with Crippen molar-refractivity contribution in [2.24, 2.45) is 0 Å². The summed E-state index contributed by atoms with van der Waals surface area (Å²) in [5.41, 5.74) is 0.522. The number of aldehydes is 1. The summed E-state index contributed by atoms with van der Waals surface area (Å²) < 4.78 is 6.18. The van der Waals surface area contributed by atoms with Crippen LogP contribution in [0, 0.1) is 0 Å². The third kappa shape index (κ3) is 2.12. The molecule has 0 aliphatic rings. The average molecular weight is 297 g/mol. The molecule has 0 amide bonds. The molecular formula is C12H10O4Se. The van der Waals surface area contributed by atoms with Crippen molar-refractivity contribution in [2.45, 2.75) is 6.92 Å². The molecule has 88 valence electrons. The second-order valence-electron chi connectivity index (χ2n) is 3.37. The molecule has 0 aliphatic carbocycles. The van der Waals surface area contributed by atoms with Gasteiger partial charge in [0.05, 0.1) is 0 Å². The van der Waals surface area contributed by atoms with E-state index in [2.05, 4.69) is 0 Å². The normalized spacial score (nSPS) is 10.4. The number of aromatic hydroxyl groups is 1. The summed E-state index contributed by atoms with van der Waals surface area (Å²) in [7, 11) is 0. The molecule has 2 aromatic rings. The van der Waals surface area contributed by atoms with Crippen LogP contribution >= 0.6 is 0 Å². The molecule has 0 fully saturated rings. The van der Waals surface area contributed by atoms with E-state index in [0.29, 0.717) is 22.0 Å². The summed E-state index contributed by atoms with van der Waals surface area (Å²) in [5.74, 6) is -0.285. The Morgan fingerprint density at radius 1 is 1.53 bits per heavy atom. The fourth-order valence-corrected chi connectivity index (χ4v) is 3.72. The Bertz CT molecular complexity index is 585. The van der Waals surface area contributed by atoms with Gasteiger partial charge in [-0.15, -0.1) is 0 Å². The van der Waals surface area contributed by atoms with E-state index in [1.165, 1.54) is 6.07 Å². The fourth-order valence-electron chi connectivity index (χ4n) is 1.53. The Balaban J connectivity index is 2.59. The van der Waals surface area contributed by atoms with Crippen molar-refractivity contribution in [2.75, 3.05) is 6.61 Å². The van der Waals surface area contributed by atoms with E-state index in [9.17, 15) is 14.7 Å². The Kier molecular flexibility index (Phi) is 3.31. The number of phenolic OH excluding ortho intramolecular Hbond substituents is 1. The molecule has 0 saturated heterocycles. The molecule has 1 aromatic heterocycles. The van der Waals surface area contributed by atoms with Crippen LogP contribution in [0.4, 0.5) is 0 Å². The number of benzene rings is 1. The summed E-state index contributed by atoms with van der Waals surface area (Å²) >= 11 is -0.281. The summed E-state index contributed by atoms with van der Waals surface area (Å²) in [6, 6.07) is 4.63. The molecule has 0 aliphatic heterocycles. The van der Waals surface area contributed by atoms with Crippen molar-refractivity contribution >= 4 is 36.4 Å². The number of hydrogen-bond acceptors (Lipinski definition) is 4. The third-order valence-corrected chi connectivity index (χ3v) is 4.74. The van der Waals surface area contributed by atoms with Gasteiger partial charge in [0.15, 0.2) is 0 Å². The van der Waals surface area contributed by atoms with Crippen LogP contribution in [-0.2, 0) is 4.74 Å². The second-order valence-corrected chi connectivity index (χ2v) is 5.57. The Labute approximate surface area is 104 Å². The first kappa shape index (κ1) is 11.9. The fraction of sp³-hybridized carbons (Fsp3) is 0.167. The summed E-state index contributed by atoms with van der Waals surface area (Å²) in [4.78, 5) is 22.4. The molecule has 0 spiro atoms. The van der Waals surface area contributed by atoms with E-state index >= 15 is 0 Å². The van der Waals surface area contributed by atoms with Crippen molar-refractivity contribution in [3.63, 3.8) is 0 Å². The molecule has 1 aromatic carbocycles. The van der Waals surface area contributed by atoms with Crippen LogP contribution in [-0.4, -0.2) is 38.5 Å². The molecule has 0 bridgehead atoms. The standard InChI is InChI=1S/C12H10O4Se/c1-2-16-12(15)10-5-8-9(14)4-3-7(6-13)11(8)17-10/h3-6,14H,2H2,1H3. The van der Waals surface area contributed by atoms with Gasteiger partial charge in [-0.1, -0.05) is 0 Å². The second kappa shape index (κ2) is 4.73. The van der Waals surface area contributed by atoms with E-state index in [1.54, 1.807) is 19.1 Å². The van der Waals surface area contributed by atoms with Crippen molar-refractivity contribution in [3.05, 3.63) is 28.2 Å². The quantitative estimate of drug-likeness (QED) is 0.531. The Morgan fingerprint density at radius 3 is 2.94 bits per heavy atom. The van der Waals surface area contributed by atoms with E-state index in [-0.39, 0.29) is 26.2 Å². The van der Waals surface area contributed by atoms with Gasteiger partial charge in [0.1, 0.15) is 0 Å². The minimum absolute atomic E-state index is 0.0896. The molecule has 4 nitrogen and oxygen atoms in total.